The third kappa shape index (κ3) is 7.60. The number of benzene rings is 1. The van der Waals surface area contributed by atoms with E-state index in [1.54, 1.807) is 23.1 Å². The maximum Gasteiger partial charge on any atom is 0.253 e. The van der Waals surface area contributed by atoms with Gasteiger partial charge in [-0.05, 0) is 50.6 Å². The SMILES string of the molecule is CN(C)CC(C)(C)CNC(=O)C1CCN(C(=O)c2cccc(NS(C)(=O)=O)c2)CC1. The first-order chi connectivity index (χ1) is 13.9. The zero-order chi connectivity index (χ0) is 22.5. The summed E-state index contributed by atoms with van der Waals surface area (Å²) in [6.45, 7) is 6.75. The van der Waals surface area contributed by atoms with Gasteiger partial charge < -0.3 is 15.1 Å². The summed E-state index contributed by atoms with van der Waals surface area (Å²) in [4.78, 5) is 29.2. The van der Waals surface area contributed by atoms with Gasteiger partial charge in [0.05, 0.1) is 6.26 Å². The van der Waals surface area contributed by atoms with Gasteiger partial charge in [0.1, 0.15) is 0 Å². The van der Waals surface area contributed by atoms with Crippen LogP contribution in [0, 0.1) is 11.3 Å². The Labute approximate surface area is 180 Å². The van der Waals surface area contributed by atoms with E-state index < -0.39 is 10.0 Å². The van der Waals surface area contributed by atoms with E-state index in [0.717, 1.165) is 12.8 Å². The molecule has 1 aromatic carbocycles. The fraction of sp³-hybridized carbons (Fsp3) is 0.619. The molecule has 1 heterocycles. The van der Waals surface area contributed by atoms with Gasteiger partial charge in [0.2, 0.25) is 15.9 Å². The fourth-order valence-electron chi connectivity index (χ4n) is 3.84. The van der Waals surface area contributed by atoms with Crippen LogP contribution < -0.4 is 10.0 Å². The van der Waals surface area contributed by atoms with Crippen molar-refractivity contribution < 1.29 is 18.0 Å². The van der Waals surface area contributed by atoms with Crippen molar-refractivity contribution in [3.8, 4) is 0 Å². The molecule has 0 unspecified atom stereocenters. The predicted molar refractivity (Wildman–Crippen MR) is 119 cm³/mol. The molecule has 1 fully saturated rings. The number of nitrogens with one attached hydrogen (secondary N) is 2. The zero-order valence-electron chi connectivity index (χ0n) is 18.6. The van der Waals surface area contributed by atoms with Crippen LogP contribution in [0.2, 0.25) is 0 Å². The van der Waals surface area contributed by atoms with Crippen LogP contribution in [0.3, 0.4) is 0 Å². The lowest BCUT2D eigenvalue weighted by molar-refractivity contribution is -0.126. The number of carbonyl (C=O) groups is 2. The number of hydrogen-bond donors (Lipinski definition) is 2. The number of carbonyl (C=O) groups excluding carboxylic acids is 2. The number of anilines is 1. The van der Waals surface area contributed by atoms with Crippen molar-refractivity contribution in [1.82, 2.24) is 15.1 Å². The molecule has 9 heteroatoms. The van der Waals surface area contributed by atoms with Gasteiger partial charge >= 0.3 is 0 Å². The van der Waals surface area contributed by atoms with Gasteiger partial charge in [-0.3, -0.25) is 14.3 Å². The van der Waals surface area contributed by atoms with E-state index in [9.17, 15) is 18.0 Å². The van der Waals surface area contributed by atoms with Crippen molar-refractivity contribution in [2.24, 2.45) is 11.3 Å². The predicted octanol–water partition coefficient (Wildman–Crippen LogP) is 1.61. The number of sulfonamides is 1. The summed E-state index contributed by atoms with van der Waals surface area (Å²) in [6, 6.07) is 6.46. The summed E-state index contributed by atoms with van der Waals surface area (Å²) in [5.74, 6) is -0.200. The first-order valence-electron chi connectivity index (χ1n) is 10.2. The summed E-state index contributed by atoms with van der Waals surface area (Å²) >= 11 is 0. The largest absolute Gasteiger partial charge is 0.355 e. The van der Waals surface area contributed by atoms with Gasteiger partial charge in [0, 0.05) is 43.3 Å². The van der Waals surface area contributed by atoms with E-state index >= 15 is 0 Å². The lowest BCUT2D eigenvalue weighted by Gasteiger charge is -2.33. The second-order valence-electron chi connectivity index (χ2n) is 9.14. The van der Waals surface area contributed by atoms with Gasteiger partial charge in [-0.25, -0.2) is 8.42 Å². The second kappa shape index (κ2) is 9.78. The van der Waals surface area contributed by atoms with Crippen LogP contribution in [-0.2, 0) is 14.8 Å². The Morgan fingerprint density at radius 1 is 1.20 bits per heavy atom. The molecule has 0 bridgehead atoms. The molecule has 8 nitrogen and oxygen atoms in total. The van der Waals surface area contributed by atoms with Crippen LogP contribution in [0.4, 0.5) is 5.69 Å². The summed E-state index contributed by atoms with van der Waals surface area (Å²) in [5, 5.41) is 3.07. The van der Waals surface area contributed by atoms with Crippen molar-refractivity contribution in [2.45, 2.75) is 26.7 Å². The quantitative estimate of drug-likeness (QED) is 0.643. The molecule has 2 N–H and O–H groups in total. The first kappa shape index (κ1) is 24.1. The van der Waals surface area contributed by atoms with Crippen molar-refractivity contribution in [3.63, 3.8) is 0 Å². The number of hydrogen-bond acceptors (Lipinski definition) is 5. The molecule has 1 saturated heterocycles. The molecule has 0 radical (unpaired) electrons. The van der Waals surface area contributed by atoms with Gasteiger partial charge in [0.15, 0.2) is 0 Å². The Morgan fingerprint density at radius 2 is 1.83 bits per heavy atom. The Hall–Kier alpha value is -2.13. The number of likely N-dealkylation sites (tertiary alicyclic amines) is 1. The van der Waals surface area contributed by atoms with Crippen LogP contribution in [0.5, 0.6) is 0 Å². The standard InChI is InChI=1S/C21H34N4O4S/c1-21(2,15-24(3)4)14-22-19(26)16-9-11-25(12-10-16)20(27)17-7-6-8-18(13-17)23-30(5,28)29/h6-8,13,16,23H,9-12,14-15H2,1-5H3,(H,22,26). The number of amides is 2. The molecule has 0 atom stereocenters. The molecular weight excluding hydrogens is 404 g/mol. The third-order valence-electron chi connectivity index (χ3n) is 5.05. The van der Waals surface area contributed by atoms with Crippen molar-refractivity contribution >= 4 is 27.5 Å². The van der Waals surface area contributed by atoms with Gasteiger partial charge in [-0.15, -0.1) is 0 Å². The highest BCUT2D eigenvalue weighted by molar-refractivity contribution is 7.92. The van der Waals surface area contributed by atoms with Crippen molar-refractivity contribution in [3.05, 3.63) is 29.8 Å². The van der Waals surface area contributed by atoms with E-state index in [0.29, 0.717) is 43.7 Å². The van der Waals surface area contributed by atoms with Gasteiger partial charge in [-0.2, -0.15) is 0 Å². The molecule has 168 valence electrons. The molecular formula is C21H34N4O4S. The Balaban J connectivity index is 1.89. The molecule has 0 spiro atoms. The summed E-state index contributed by atoms with van der Waals surface area (Å²) < 4.78 is 25.2. The first-order valence-corrected chi connectivity index (χ1v) is 12.0. The smallest absolute Gasteiger partial charge is 0.253 e. The Bertz CT molecular complexity index is 860. The summed E-state index contributed by atoms with van der Waals surface area (Å²) in [7, 11) is 0.628. The molecule has 1 aliphatic heterocycles. The lowest BCUT2D eigenvalue weighted by Crippen LogP contribution is -2.46. The van der Waals surface area contributed by atoms with Crippen LogP contribution in [0.1, 0.15) is 37.0 Å². The van der Waals surface area contributed by atoms with Gasteiger partial charge in [0.25, 0.3) is 5.91 Å². The Kier molecular flexibility index (Phi) is 7.87. The maximum atomic E-state index is 12.8. The van der Waals surface area contributed by atoms with Crippen LogP contribution in [0.15, 0.2) is 24.3 Å². The molecule has 0 saturated carbocycles. The summed E-state index contributed by atoms with van der Waals surface area (Å²) in [6.07, 6.45) is 2.30. The van der Waals surface area contributed by atoms with E-state index in [1.807, 2.05) is 14.1 Å². The van der Waals surface area contributed by atoms with Crippen LogP contribution in [-0.4, -0.2) is 76.6 Å². The van der Waals surface area contributed by atoms with E-state index in [2.05, 4.69) is 28.8 Å². The number of rotatable bonds is 8. The maximum absolute atomic E-state index is 12.8. The molecule has 30 heavy (non-hydrogen) atoms. The monoisotopic (exact) mass is 438 g/mol. The molecule has 0 aliphatic carbocycles. The van der Waals surface area contributed by atoms with Crippen LogP contribution >= 0.6 is 0 Å². The molecule has 2 rings (SSSR count). The highest BCUT2D eigenvalue weighted by atomic mass is 32.2. The number of nitrogens with zero attached hydrogens (tertiary/aromatic N) is 2. The highest BCUT2D eigenvalue weighted by Gasteiger charge is 2.29. The molecule has 0 aromatic heterocycles. The number of piperidine rings is 1. The minimum Gasteiger partial charge on any atom is -0.355 e. The minimum absolute atomic E-state index is 0.0130. The normalized spacial score (nSPS) is 15.9. The average Bonchev–Trinajstić information content (AvgIpc) is 2.63. The van der Waals surface area contributed by atoms with E-state index in [-0.39, 0.29) is 23.1 Å². The third-order valence-corrected chi connectivity index (χ3v) is 5.66. The van der Waals surface area contributed by atoms with Crippen LogP contribution in [0.25, 0.3) is 0 Å². The minimum atomic E-state index is -3.41. The Morgan fingerprint density at radius 3 is 2.40 bits per heavy atom. The molecule has 2 amide bonds. The zero-order valence-corrected chi connectivity index (χ0v) is 19.4. The van der Waals surface area contributed by atoms with Gasteiger partial charge in [-0.1, -0.05) is 19.9 Å². The second-order valence-corrected chi connectivity index (χ2v) is 10.9. The highest BCUT2D eigenvalue weighted by Crippen LogP contribution is 2.22. The lowest BCUT2D eigenvalue weighted by atomic mass is 9.91. The van der Waals surface area contributed by atoms with E-state index in [1.165, 1.54) is 6.07 Å². The van der Waals surface area contributed by atoms with Crippen molar-refractivity contribution in [1.29, 1.82) is 0 Å². The average molecular weight is 439 g/mol. The van der Waals surface area contributed by atoms with E-state index in [4.69, 9.17) is 0 Å². The molecule has 1 aromatic rings. The van der Waals surface area contributed by atoms with Crippen molar-refractivity contribution in [2.75, 3.05) is 51.3 Å². The fourth-order valence-corrected chi connectivity index (χ4v) is 4.39. The molecule has 1 aliphatic rings. The topological polar surface area (TPSA) is 98.8 Å². The summed E-state index contributed by atoms with van der Waals surface area (Å²) in [5.41, 5.74) is 0.774.